The van der Waals surface area contributed by atoms with Gasteiger partial charge in [-0.2, -0.15) is 0 Å². The Bertz CT molecular complexity index is 1890. The Morgan fingerprint density at radius 1 is 1.16 bits per heavy atom. The number of nitrogens with one attached hydrogen (secondary N) is 2. The fraction of sp³-hybridized carbons (Fsp3) is 0.500. The number of hydrogen-bond acceptors (Lipinski definition) is 9. The summed E-state index contributed by atoms with van der Waals surface area (Å²) in [6.45, 7) is 14.7. The van der Waals surface area contributed by atoms with Crippen LogP contribution in [0.4, 0.5) is 4.79 Å². The van der Waals surface area contributed by atoms with E-state index in [9.17, 15) is 24.6 Å². The van der Waals surface area contributed by atoms with Crippen molar-refractivity contribution in [2.24, 2.45) is 5.41 Å². The van der Waals surface area contributed by atoms with Crippen molar-refractivity contribution in [2.45, 2.75) is 105 Å². The third kappa shape index (κ3) is 8.77. The molecule has 4 aromatic rings. The molecule has 4 heterocycles. The minimum absolute atomic E-state index is 0.0369. The molecule has 1 saturated heterocycles. The number of ether oxygens (including phenoxy) is 1. The minimum Gasteiger partial charge on any atom is -0.480 e. The van der Waals surface area contributed by atoms with Crippen molar-refractivity contribution in [1.29, 1.82) is 0 Å². The van der Waals surface area contributed by atoms with Crippen LogP contribution < -0.4 is 10.7 Å². The monoisotopic (exact) mass is 718 g/mol. The van der Waals surface area contributed by atoms with Gasteiger partial charge in [-0.3, -0.25) is 19.6 Å². The van der Waals surface area contributed by atoms with Gasteiger partial charge in [0.15, 0.2) is 0 Å². The van der Waals surface area contributed by atoms with Gasteiger partial charge in [0.25, 0.3) is 5.91 Å². The number of amides is 2. The number of carbonyl (C=O) groups excluding carboxylic acids is 2. The van der Waals surface area contributed by atoms with Crippen LogP contribution in [0.25, 0.3) is 33.4 Å². The van der Waals surface area contributed by atoms with Crippen LogP contribution in [0.5, 0.6) is 0 Å². The number of hydrazine groups is 1. The third-order valence-electron chi connectivity index (χ3n) is 9.01. The van der Waals surface area contributed by atoms with Gasteiger partial charge in [-0.1, -0.05) is 26.8 Å². The lowest BCUT2D eigenvalue weighted by molar-refractivity contribution is -0.147. The van der Waals surface area contributed by atoms with Gasteiger partial charge in [-0.15, -0.1) is 11.3 Å². The van der Waals surface area contributed by atoms with Gasteiger partial charge < -0.3 is 24.8 Å². The largest absolute Gasteiger partial charge is 0.480 e. The van der Waals surface area contributed by atoms with E-state index in [1.807, 2.05) is 23.7 Å². The van der Waals surface area contributed by atoms with Crippen molar-refractivity contribution in [1.82, 2.24) is 30.3 Å². The van der Waals surface area contributed by atoms with E-state index in [1.165, 1.54) is 16.3 Å². The first-order chi connectivity index (χ1) is 24.1. The molecule has 1 aliphatic rings. The molecule has 2 amide bonds. The molecule has 0 aliphatic carbocycles. The fourth-order valence-corrected chi connectivity index (χ4v) is 7.39. The Morgan fingerprint density at radius 3 is 2.59 bits per heavy atom. The summed E-state index contributed by atoms with van der Waals surface area (Å²) in [4.78, 5) is 47.9. The molecule has 2 atom stereocenters. The van der Waals surface area contributed by atoms with E-state index in [1.54, 1.807) is 20.8 Å². The second-order valence-corrected chi connectivity index (χ2v) is 15.8. The number of aliphatic carboxylic acids is 1. The number of carbonyl (C=O) groups is 3. The fourth-order valence-electron chi connectivity index (χ4n) is 6.54. The van der Waals surface area contributed by atoms with Crippen molar-refractivity contribution in [3.05, 3.63) is 58.2 Å². The summed E-state index contributed by atoms with van der Waals surface area (Å²) >= 11 is 1.39. The van der Waals surface area contributed by atoms with Gasteiger partial charge in [-0.25, -0.2) is 15.2 Å². The number of aromatic nitrogens is 3. The van der Waals surface area contributed by atoms with E-state index in [0.717, 1.165) is 57.6 Å². The highest BCUT2D eigenvalue weighted by Crippen LogP contribution is 2.40. The lowest BCUT2D eigenvalue weighted by Crippen LogP contribution is -2.60. The van der Waals surface area contributed by atoms with Crippen LogP contribution in [-0.2, 0) is 40.1 Å². The van der Waals surface area contributed by atoms with Crippen LogP contribution >= 0.6 is 11.3 Å². The molecule has 12 nitrogen and oxygen atoms in total. The number of aliphatic hydroxyl groups is 1. The lowest BCUT2D eigenvalue weighted by atomic mass is 9.84. The highest BCUT2D eigenvalue weighted by molar-refractivity contribution is 7.10. The van der Waals surface area contributed by atoms with E-state index in [2.05, 4.69) is 61.2 Å². The number of fused-ring (bicyclic) bond motifs is 1. The highest BCUT2D eigenvalue weighted by atomic mass is 32.1. The Kier molecular flexibility index (Phi) is 11.5. The van der Waals surface area contributed by atoms with Gasteiger partial charge in [-0.05, 0) is 88.6 Å². The number of thiazole rings is 1. The average Bonchev–Trinajstić information content (AvgIpc) is 3.68. The van der Waals surface area contributed by atoms with Crippen LogP contribution in [0, 0.1) is 5.41 Å². The van der Waals surface area contributed by atoms with Crippen LogP contribution in [0.2, 0.25) is 0 Å². The average molecular weight is 719 g/mol. The first-order valence-electron chi connectivity index (χ1n) is 17.6. The molecule has 0 unspecified atom stereocenters. The Hall–Kier alpha value is -4.33. The zero-order valence-electron chi connectivity index (χ0n) is 30.6. The normalized spacial score (nSPS) is 15.9. The second-order valence-electron chi connectivity index (χ2n) is 14.8. The van der Waals surface area contributed by atoms with Crippen molar-refractivity contribution < 1.29 is 29.3 Å². The molecular weight excluding hydrogens is 669 g/mol. The molecule has 0 radical (unpaired) electrons. The maximum atomic E-state index is 13.7. The zero-order chi connectivity index (χ0) is 37.1. The standard InChI is InChI=1S/C38H50N6O6S/c1-8-27-24(12-10-16-39-27)33-26(20-38(6,7)22-45)25-18-23(14-15-31(25)43(33)9-2)30-21-51-32(40-30)19-29(41-36(49)50-37(3,4)5)34(46)44-17-11-13-28(42-44)35(47)48/h10,12,14-16,18,21,28-29,42,45H,8-9,11,13,17,19-20,22H2,1-7H3,(H,41,49)(H,47,48)/t28-,29-/m0/s1. The number of alkyl carbamates (subject to hydrolysis) is 1. The highest BCUT2D eigenvalue weighted by Gasteiger charge is 2.34. The third-order valence-corrected chi connectivity index (χ3v) is 9.88. The predicted molar refractivity (Wildman–Crippen MR) is 198 cm³/mol. The molecule has 51 heavy (non-hydrogen) atoms. The smallest absolute Gasteiger partial charge is 0.408 e. The van der Waals surface area contributed by atoms with Crippen molar-refractivity contribution >= 4 is 40.2 Å². The summed E-state index contributed by atoms with van der Waals surface area (Å²) in [6.07, 6.45) is 3.52. The van der Waals surface area contributed by atoms with Crippen molar-refractivity contribution in [3.63, 3.8) is 0 Å². The summed E-state index contributed by atoms with van der Waals surface area (Å²) in [5.74, 6) is -1.50. The number of nitrogens with zero attached hydrogens (tertiary/aromatic N) is 4. The number of benzene rings is 1. The number of aliphatic hydroxyl groups excluding tert-OH is 1. The van der Waals surface area contributed by atoms with Gasteiger partial charge >= 0.3 is 12.1 Å². The topological polar surface area (TPSA) is 159 Å². The number of hydrogen-bond donors (Lipinski definition) is 4. The van der Waals surface area contributed by atoms with E-state index < -0.39 is 35.7 Å². The summed E-state index contributed by atoms with van der Waals surface area (Å²) < 4.78 is 7.79. The second kappa shape index (κ2) is 15.5. The Balaban J connectivity index is 1.51. The molecular formula is C38H50N6O6S. The maximum absolute atomic E-state index is 13.7. The van der Waals surface area contributed by atoms with Crippen molar-refractivity contribution in [2.75, 3.05) is 13.2 Å². The molecule has 274 valence electrons. The summed E-state index contributed by atoms with van der Waals surface area (Å²) in [6, 6.07) is 8.48. The predicted octanol–water partition coefficient (Wildman–Crippen LogP) is 5.99. The molecule has 13 heteroatoms. The zero-order valence-corrected chi connectivity index (χ0v) is 31.4. The summed E-state index contributed by atoms with van der Waals surface area (Å²) in [5, 5.41) is 27.5. The number of carboxylic acids is 1. The number of aryl methyl sites for hydroxylation is 2. The number of rotatable bonds is 12. The van der Waals surface area contributed by atoms with Gasteiger partial charge in [0, 0.05) is 65.4 Å². The Labute approximate surface area is 303 Å². The first-order valence-corrected chi connectivity index (χ1v) is 18.5. The van der Waals surface area contributed by atoms with Crippen LogP contribution in [0.1, 0.15) is 77.6 Å². The quantitative estimate of drug-likeness (QED) is 0.138. The molecule has 4 N–H and O–H groups in total. The van der Waals surface area contributed by atoms with E-state index >= 15 is 0 Å². The molecule has 1 aromatic carbocycles. The van der Waals surface area contributed by atoms with Crippen LogP contribution in [0.15, 0.2) is 41.9 Å². The molecule has 0 saturated carbocycles. The van der Waals surface area contributed by atoms with E-state index in [0.29, 0.717) is 30.8 Å². The number of pyridine rings is 1. The maximum Gasteiger partial charge on any atom is 0.408 e. The molecule has 1 fully saturated rings. The van der Waals surface area contributed by atoms with Gasteiger partial charge in [0.05, 0.1) is 16.4 Å². The van der Waals surface area contributed by atoms with Gasteiger partial charge in [0.1, 0.15) is 17.7 Å². The SMILES string of the molecule is CCc1ncccc1-c1c(CC(C)(C)CO)c2cc(-c3csc(C[C@H](NC(=O)OC(C)(C)C)C(=O)N4CCC[C@@H](C(=O)O)N4)n3)ccc2n1CC. The number of carboxylic acid groups (broad SMARTS) is 1. The molecule has 0 bridgehead atoms. The summed E-state index contributed by atoms with van der Waals surface area (Å²) in [7, 11) is 0. The van der Waals surface area contributed by atoms with E-state index in [4.69, 9.17) is 14.7 Å². The van der Waals surface area contributed by atoms with E-state index in [-0.39, 0.29) is 18.4 Å². The van der Waals surface area contributed by atoms with Crippen molar-refractivity contribution in [3.8, 4) is 22.5 Å². The lowest BCUT2D eigenvalue weighted by Gasteiger charge is -2.34. The Morgan fingerprint density at radius 2 is 1.92 bits per heavy atom. The molecule has 5 rings (SSSR count). The molecule has 1 aliphatic heterocycles. The minimum atomic E-state index is -1.04. The van der Waals surface area contributed by atoms with Gasteiger partial charge in [0.2, 0.25) is 0 Å². The first kappa shape index (κ1) is 37.9. The van der Waals surface area contributed by atoms with Crippen LogP contribution in [-0.4, -0.2) is 78.6 Å². The molecule has 3 aromatic heterocycles. The van der Waals surface area contributed by atoms with Crippen LogP contribution in [0.3, 0.4) is 0 Å². The molecule has 0 spiro atoms. The summed E-state index contributed by atoms with van der Waals surface area (Å²) in [5.41, 5.74) is 8.74.